The Hall–Kier alpha value is -1.43. The van der Waals surface area contributed by atoms with Gasteiger partial charge in [0.1, 0.15) is 17.8 Å². The van der Waals surface area contributed by atoms with Gasteiger partial charge in [0.25, 0.3) is 0 Å². The lowest BCUT2D eigenvalue weighted by Gasteiger charge is -2.15. The van der Waals surface area contributed by atoms with Crippen molar-refractivity contribution in [2.75, 3.05) is 6.54 Å². The van der Waals surface area contributed by atoms with Gasteiger partial charge in [0.2, 0.25) is 5.91 Å². The number of nitrogens with one attached hydrogen (secondary N) is 1. The maximum atomic E-state index is 11.9. The third kappa shape index (κ3) is 2.85. The fourth-order valence-electron chi connectivity index (χ4n) is 2.96. The van der Waals surface area contributed by atoms with Crippen LogP contribution in [0.3, 0.4) is 0 Å². The summed E-state index contributed by atoms with van der Waals surface area (Å²) >= 11 is 0. The highest BCUT2D eigenvalue weighted by molar-refractivity contribution is 5.80. The molecule has 20 heavy (non-hydrogen) atoms. The number of carbonyl (C=O) groups is 1. The Morgan fingerprint density at radius 3 is 3.10 bits per heavy atom. The Morgan fingerprint density at radius 2 is 2.30 bits per heavy atom. The van der Waals surface area contributed by atoms with E-state index in [0.29, 0.717) is 6.54 Å². The second kappa shape index (κ2) is 5.91. The average molecular weight is 278 g/mol. The molecule has 3 rings (SSSR count). The number of nitrogens with zero attached hydrogens (tertiary/aromatic N) is 3. The highest BCUT2D eigenvalue weighted by atomic mass is 16.5. The maximum absolute atomic E-state index is 11.9. The molecule has 110 valence electrons. The summed E-state index contributed by atoms with van der Waals surface area (Å²) in [5.74, 6) is 2.08. The van der Waals surface area contributed by atoms with Gasteiger partial charge in [-0.25, -0.2) is 0 Å². The predicted molar refractivity (Wildman–Crippen MR) is 73.2 cm³/mol. The molecule has 1 fully saturated rings. The Balaban J connectivity index is 1.48. The fraction of sp³-hybridized carbons (Fsp3) is 0.786. The van der Waals surface area contributed by atoms with Gasteiger partial charge in [-0.15, -0.1) is 10.2 Å². The molecule has 0 bridgehead atoms. The summed E-state index contributed by atoms with van der Waals surface area (Å²) in [6.07, 6.45) is 5.88. The first-order valence-electron chi connectivity index (χ1n) is 7.58. The van der Waals surface area contributed by atoms with Crippen molar-refractivity contribution in [3.8, 4) is 0 Å². The number of hydrogen-bond donors (Lipinski definition) is 1. The Morgan fingerprint density at radius 1 is 1.40 bits per heavy atom. The molecule has 1 amide bonds. The van der Waals surface area contributed by atoms with Crippen LogP contribution in [-0.4, -0.2) is 39.4 Å². The largest absolute Gasteiger partial charge is 0.365 e. The topological polar surface area (TPSA) is 69.0 Å². The van der Waals surface area contributed by atoms with Gasteiger partial charge in [-0.05, 0) is 32.6 Å². The van der Waals surface area contributed by atoms with Gasteiger partial charge in [-0.3, -0.25) is 4.79 Å². The van der Waals surface area contributed by atoms with Gasteiger partial charge >= 0.3 is 0 Å². The van der Waals surface area contributed by atoms with Crippen molar-refractivity contribution in [2.24, 2.45) is 0 Å². The Bertz CT molecular complexity index is 486. The number of rotatable bonds is 4. The lowest BCUT2D eigenvalue weighted by molar-refractivity contribution is -0.131. The molecule has 1 aromatic heterocycles. The normalized spacial score (nSPS) is 25.4. The van der Waals surface area contributed by atoms with E-state index in [1.54, 1.807) is 0 Å². The van der Waals surface area contributed by atoms with Gasteiger partial charge in [0, 0.05) is 25.9 Å². The molecular weight excluding hydrogens is 256 g/mol. The summed E-state index contributed by atoms with van der Waals surface area (Å²) in [4.78, 5) is 11.9. The number of aryl methyl sites for hydroxylation is 1. The van der Waals surface area contributed by atoms with E-state index in [0.717, 1.165) is 43.9 Å². The molecule has 0 saturated carbocycles. The van der Waals surface area contributed by atoms with Crippen LogP contribution in [0, 0.1) is 0 Å². The molecule has 1 aromatic rings. The summed E-state index contributed by atoms with van der Waals surface area (Å²) in [5, 5.41) is 11.4. The van der Waals surface area contributed by atoms with Crippen LogP contribution in [0.5, 0.6) is 0 Å². The SMILES string of the molecule is C[C@H]1CC[C@H](C(=O)NCCc2nnc3n2CCCC3)O1. The molecule has 6 nitrogen and oxygen atoms in total. The Kier molecular flexibility index (Phi) is 4.00. The summed E-state index contributed by atoms with van der Waals surface area (Å²) in [6, 6.07) is 0. The summed E-state index contributed by atoms with van der Waals surface area (Å²) in [7, 11) is 0. The average Bonchev–Trinajstić information content (AvgIpc) is 3.06. The molecule has 0 radical (unpaired) electrons. The third-order valence-corrected chi connectivity index (χ3v) is 4.11. The van der Waals surface area contributed by atoms with E-state index in [2.05, 4.69) is 20.1 Å². The van der Waals surface area contributed by atoms with Crippen LogP contribution >= 0.6 is 0 Å². The number of ether oxygens (including phenoxy) is 1. The molecule has 0 aliphatic carbocycles. The van der Waals surface area contributed by atoms with E-state index in [1.807, 2.05) is 6.92 Å². The van der Waals surface area contributed by atoms with E-state index in [-0.39, 0.29) is 18.1 Å². The van der Waals surface area contributed by atoms with Crippen molar-refractivity contribution in [1.82, 2.24) is 20.1 Å². The van der Waals surface area contributed by atoms with Gasteiger partial charge in [0.05, 0.1) is 6.10 Å². The van der Waals surface area contributed by atoms with Crippen molar-refractivity contribution in [2.45, 2.75) is 64.2 Å². The number of fused-ring (bicyclic) bond motifs is 1. The molecule has 2 aliphatic rings. The number of aromatic nitrogens is 3. The minimum atomic E-state index is -0.266. The zero-order valence-electron chi connectivity index (χ0n) is 12.0. The summed E-state index contributed by atoms with van der Waals surface area (Å²) < 4.78 is 7.75. The van der Waals surface area contributed by atoms with Crippen molar-refractivity contribution < 1.29 is 9.53 Å². The first kappa shape index (κ1) is 13.5. The second-order valence-electron chi connectivity index (χ2n) is 5.69. The molecule has 3 heterocycles. The van der Waals surface area contributed by atoms with Crippen LogP contribution in [-0.2, 0) is 28.9 Å². The second-order valence-corrected chi connectivity index (χ2v) is 5.69. The quantitative estimate of drug-likeness (QED) is 0.886. The van der Waals surface area contributed by atoms with Crippen molar-refractivity contribution in [3.05, 3.63) is 11.6 Å². The zero-order chi connectivity index (χ0) is 13.9. The van der Waals surface area contributed by atoms with E-state index in [1.165, 1.54) is 12.8 Å². The Labute approximate surface area is 118 Å². The van der Waals surface area contributed by atoms with Gasteiger partial charge in [-0.1, -0.05) is 0 Å². The zero-order valence-corrected chi connectivity index (χ0v) is 12.0. The van der Waals surface area contributed by atoms with Gasteiger partial charge < -0.3 is 14.6 Å². The molecule has 6 heteroatoms. The first-order valence-corrected chi connectivity index (χ1v) is 7.58. The lowest BCUT2D eigenvalue weighted by Crippen LogP contribution is -2.36. The van der Waals surface area contributed by atoms with E-state index in [9.17, 15) is 4.79 Å². The monoisotopic (exact) mass is 278 g/mol. The summed E-state index contributed by atoms with van der Waals surface area (Å²) in [6.45, 7) is 3.62. The molecule has 0 spiro atoms. The highest BCUT2D eigenvalue weighted by Crippen LogP contribution is 2.19. The van der Waals surface area contributed by atoms with Crippen LogP contribution in [0.1, 0.15) is 44.3 Å². The van der Waals surface area contributed by atoms with E-state index in [4.69, 9.17) is 4.74 Å². The molecule has 1 saturated heterocycles. The minimum absolute atomic E-state index is 0.00716. The van der Waals surface area contributed by atoms with Crippen molar-refractivity contribution in [3.63, 3.8) is 0 Å². The van der Waals surface area contributed by atoms with Crippen LogP contribution in [0.15, 0.2) is 0 Å². The third-order valence-electron chi connectivity index (χ3n) is 4.11. The fourth-order valence-corrected chi connectivity index (χ4v) is 2.96. The maximum Gasteiger partial charge on any atom is 0.249 e. The molecule has 2 aliphatic heterocycles. The predicted octanol–water partition coefficient (Wildman–Crippen LogP) is 0.841. The van der Waals surface area contributed by atoms with Crippen LogP contribution in [0.25, 0.3) is 0 Å². The smallest absolute Gasteiger partial charge is 0.249 e. The van der Waals surface area contributed by atoms with Gasteiger partial charge in [-0.2, -0.15) is 0 Å². The number of amides is 1. The van der Waals surface area contributed by atoms with E-state index < -0.39 is 0 Å². The van der Waals surface area contributed by atoms with Gasteiger partial charge in [0.15, 0.2) is 0 Å². The molecule has 0 unspecified atom stereocenters. The van der Waals surface area contributed by atoms with Crippen molar-refractivity contribution >= 4 is 5.91 Å². The summed E-state index contributed by atoms with van der Waals surface area (Å²) in [5.41, 5.74) is 0. The molecule has 2 atom stereocenters. The standard InChI is InChI=1S/C14H22N4O2/c1-10-5-6-11(20-10)14(19)15-8-7-13-17-16-12-4-2-3-9-18(12)13/h10-11H,2-9H2,1H3,(H,15,19)/t10-,11+/m0/s1. The lowest BCUT2D eigenvalue weighted by atomic mass is 10.1. The van der Waals surface area contributed by atoms with Crippen LogP contribution in [0.2, 0.25) is 0 Å². The van der Waals surface area contributed by atoms with Crippen LogP contribution in [0.4, 0.5) is 0 Å². The first-order chi connectivity index (χ1) is 9.74. The van der Waals surface area contributed by atoms with Crippen molar-refractivity contribution in [1.29, 1.82) is 0 Å². The molecule has 0 aromatic carbocycles. The van der Waals surface area contributed by atoms with Crippen LogP contribution < -0.4 is 5.32 Å². The van der Waals surface area contributed by atoms with E-state index >= 15 is 0 Å². The highest BCUT2D eigenvalue weighted by Gasteiger charge is 2.27. The molecular formula is C14H22N4O2. The number of hydrogen-bond acceptors (Lipinski definition) is 4. The number of carbonyl (C=O) groups excluding carboxylic acids is 1. The minimum Gasteiger partial charge on any atom is -0.365 e. The molecule has 1 N–H and O–H groups in total.